The summed E-state index contributed by atoms with van der Waals surface area (Å²) in [6.07, 6.45) is 0.790. The van der Waals surface area contributed by atoms with E-state index in [0.717, 1.165) is 12.0 Å². The second-order valence-corrected chi connectivity index (χ2v) is 4.60. The maximum absolute atomic E-state index is 6.21. The first-order chi connectivity index (χ1) is 5.99. The van der Waals surface area contributed by atoms with Gasteiger partial charge >= 0.3 is 0 Å². The maximum atomic E-state index is 6.21. The van der Waals surface area contributed by atoms with Crippen LogP contribution in [-0.4, -0.2) is 5.54 Å². The smallest absolute Gasteiger partial charge is 0.0602 e. The molecular weight excluding hydrogens is 217 g/mol. The van der Waals surface area contributed by atoms with E-state index >= 15 is 0 Å². The summed E-state index contributed by atoms with van der Waals surface area (Å²) in [5.74, 6) is 0. The van der Waals surface area contributed by atoms with Crippen LogP contribution in [0.1, 0.15) is 31.2 Å². The number of hydrogen-bond acceptors (Lipinski definition) is 1. The molecule has 1 aromatic rings. The van der Waals surface area contributed by atoms with E-state index < -0.39 is 0 Å². The molecule has 1 atom stereocenters. The van der Waals surface area contributed by atoms with Crippen molar-refractivity contribution >= 4 is 24.0 Å². The quantitative estimate of drug-likeness (QED) is 0.795. The minimum atomic E-state index is -0.206. The molecule has 0 heterocycles. The molecular formula is C11H17Cl2N. The first-order valence-electron chi connectivity index (χ1n) is 4.47. The summed E-state index contributed by atoms with van der Waals surface area (Å²) in [5.41, 5.74) is 6.82. The molecule has 1 nitrogen and oxygen atoms in total. The van der Waals surface area contributed by atoms with Gasteiger partial charge in [0.2, 0.25) is 0 Å². The standard InChI is InChI=1S/C11H16ClN.ClH/c1-11(2,13)8-10(12)9-6-4-3-5-7-9;/h3-7,10H,8,13H2,1-2H3;1H. The SMILES string of the molecule is CC(C)(N)CC(Cl)c1ccccc1.Cl. The van der Waals surface area contributed by atoms with Gasteiger partial charge in [0.1, 0.15) is 0 Å². The molecule has 80 valence electrons. The first kappa shape index (κ1) is 13.8. The molecule has 0 aliphatic rings. The fraction of sp³-hybridized carbons (Fsp3) is 0.455. The number of nitrogens with two attached hydrogens (primary N) is 1. The molecule has 2 N–H and O–H groups in total. The zero-order valence-corrected chi connectivity index (χ0v) is 10.1. The molecule has 0 radical (unpaired) electrons. The van der Waals surface area contributed by atoms with Crippen molar-refractivity contribution in [3.05, 3.63) is 35.9 Å². The van der Waals surface area contributed by atoms with Crippen molar-refractivity contribution in [1.82, 2.24) is 0 Å². The third-order valence-electron chi connectivity index (χ3n) is 1.87. The molecule has 0 amide bonds. The van der Waals surface area contributed by atoms with Crippen molar-refractivity contribution in [2.24, 2.45) is 5.73 Å². The molecule has 14 heavy (non-hydrogen) atoms. The molecule has 0 bridgehead atoms. The van der Waals surface area contributed by atoms with Crippen molar-refractivity contribution in [2.75, 3.05) is 0 Å². The highest BCUT2D eigenvalue weighted by atomic mass is 35.5. The molecule has 0 aliphatic carbocycles. The Hall–Kier alpha value is -0.240. The second kappa shape index (κ2) is 5.59. The molecule has 0 aromatic heterocycles. The van der Waals surface area contributed by atoms with Crippen LogP contribution in [0.15, 0.2) is 30.3 Å². The monoisotopic (exact) mass is 233 g/mol. The maximum Gasteiger partial charge on any atom is 0.0602 e. The minimum Gasteiger partial charge on any atom is -0.325 e. The molecule has 1 aromatic carbocycles. The molecule has 3 heteroatoms. The third-order valence-corrected chi connectivity index (χ3v) is 2.27. The Labute approximate surface area is 97.1 Å². The summed E-state index contributed by atoms with van der Waals surface area (Å²) < 4.78 is 0. The van der Waals surface area contributed by atoms with Crippen LogP contribution in [0.5, 0.6) is 0 Å². The van der Waals surface area contributed by atoms with Gasteiger partial charge in [-0.1, -0.05) is 30.3 Å². The summed E-state index contributed by atoms with van der Waals surface area (Å²) in [6, 6.07) is 10.0. The first-order valence-corrected chi connectivity index (χ1v) is 4.90. The van der Waals surface area contributed by atoms with Gasteiger partial charge in [-0.2, -0.15) is 0 Å². The fourth-order valence-electron chi connectivity index (χ4n) is 1.24. The summed E-state index contributed by atoms with van der Waals surface area (Å²) in [5, 5.41) is 0.0150. The Balaban J connectivity index is 0.00000169. The molecule has 0 saturated carbocycles. The number of hydrogen-bond donors (Lipinski definition) is 1. The number of rotatable bonds is 3. The fourth-order valence-corrected chi connectivity index (χ4v) is 1.78. The summed E-state index contributed by atoms with van der Waals surface area (Å²) in [7, 11) is 0. The van der Waals surface area contributed by atoms with Crippen molar-refractivity contribution in [3.63, 3.8) is 0 Å². The van der Waals surface area contributed by atoms with Gasteiger partial charge in [0.25, 0.3) is 0 Å². The van der Waals surface area contributed by atoms with Crippen LogP contribution in [0.3, 0.4) is 0 Å². The van der Waals surface area contributed by atoms with Gasteiger partial charge in [-0.3, -0.25) is 0 Å². The van der Waals surface area contributed by atoms with Crippen molar-refractivity contribution in [1.29, 1.82) is 0 Å². The highest BCUT2D eigenvalue weighted by molar-refractivity contribution is 6.20. The van der Waals surface area contributed by atoms with E-state index in [1.807, 2.05) is 44.2 Å². The number of benzene rings is 1. The van der Waals surface area contributed by atoms with Crippen LogP contribution < -0.4 is 5.73 Å². The van der Waals surface area contributed by atoms with E-state index in [0.29, 0.717) is 0 Å². The third kappa shape index (κ3) is 4.85. The zero-order valence-electron chi connectivity index (χ0n) is 8.53. The Bertz CT molecular complexity index is 254. The Morgan fingerprint density at radius 3 is 2.21 bits per heavy atom. The zero-order chi connectivity index (χ0) is 9.90. The van der Waals surface area contributed by atoms with Crippen LogP contribution in [0.25, 0.3) is 0 Å². The van der Waals surface area contributed by atoms with E-state index in [-0.39, 0.29) is 23.3 Å². The van der Waals surface area contributed by atoms with E-state index in [2.05, 4.69) is 0 Å². The van der Waals surface area contributed by atoms with Crippen LogP contribution in [0.2, 0.25) is 0 Å². The Morgan fingerprint density at radius 2 is 1.79 bits per heavy atom. The van der Waals surface area contributed by atoms with E-state index in [4.69, 9.17) is 17.3 Å². The molecule has 1 unspecified atom stereocenters. The van der Waals surface area contributed by atoms with Crippen molar-refractivity contribution in [3.8, 4) is 0 Å². The highest BCUT2D eigenvalue weighted by Gasteiger charge is 2.17. The van der Waals surface area contributed by atoms with Crippen LogP contribution in [0, 0.1) is 0 Å². The average Bonchev–Trinajstić information content (AvgIpc) is 2.03. The highest BCUT2D eigenvalue weighted by Crippen LogP contribution is 2.28. The van der Waals surface area contributed by atoms with Gasteiger partial charge in [0.15, 0.2) is 0 Å². The average molecular weight is 234 g/mol. The lowest BCUT2D eigenvalue weighted by Gasteiger charge is -2.22. The molecule has 0 spiro atoms. The second-order valence-electron chi connectivity index (χ2n) is 4.07. The van der Waals surface area contributed by atoms with Gasteiger partial charge in [0.05, 0.1) is 5.38 Å². The molecule has 1 rings (SSSR count). The lowest BCUT2D eigenvalue weighted by Crippen LogP contribution is -2.32. The summed E-state index contributed by atoms with van der Waals surface area (Å²) >= 11 is 6.21. The van der Waals surface area contributed by atoms with E-state index in [1.54, 1.807) is 0 Å². The normalized spacial score (nSPS) is 13.1. The van der Waals surface area contributed by atoms with Gasteiger partial charge < -0.3 is 5.73 Å². The molecule has 0 fully saturated rings. The number of halogens is 2. The summed E-state index contributed by atoms with van der Waals surface area (Å²) in [6.45, 7) is 3.98. The van der Waals surface area contributed by atoms with Crippen molar-refractivity contribution in [2.45, 2.75) is 31.2 Å². The Kier molecular flexibility index (Phi) is 5.50. The van der Waals surface area contributed by atoms with Gasteiger partial charge in [-0.05, 0) is 25.8 Å². The van der Waals surface area contributed by atoms with Crippen LogP contribution in [0.4, 0.5) is 0 Å². The predicted molar refractivity (Wildman–Crippen MR) is 65.2 cm³/mol. The lowest BCUT2D eigenvalue weighted by atomic mass is 9.96. The topological polar surface area (TPSA) is 26.0 Å². The summed E-state index contributed by atoms with van der Waals surface area (Å²) in [4.78, 5) is 0. The predicted octanol–water partition coefficient (Wildman–Crippen LogP) is 3.52. The van der Waals surface area contributed by atoms with Gasteiger partial charge in [0, 0.05) is 5.54 Å². The van der Waals surface area contributed by atoms with E-state index in [1.165, 1.54) is 0 Å². The van der Waals surface area contributed by atoms with E-state index in [9.17, 15) is 0 Å². The lowest BCUT2D eigenvalue weighted by molar-refractivity contribution is 0.469. The van der Waals surface area contributed by atoms with Gasteiger partial charge in [-0.15, -0.1) is 24.0 Å². The molecule has 0 saturated heterocycles. The van der Waals surface area contributed by atoms with Crippen molar-refractivity contribution < 1.29 is 0 Å². The van der Waals surface area contributed by atoms with Gasteiger partial charge in [-0.25, -0.2) is 0 Å². The van der Waals surface area contributed by atoms with Crippen LogP contribution >= 0.6 is 24.0 Å². The number of alkyl halides is 1. The molecule has 0 aliphatic heterocycles. The van der Waals surface area contributed by atoms with Crippen LogP contribution in [-0.2, 0) is 0 Å². The largest absolute Gasteiger partial charge is 0.325 e. The Morgan fingerprint density at radius 1 is 1.29 bits per heavy atom. The minimum absolute atomic E-state index is 0.